The van der Waals surface area contributed by atoms with Crippen LogP contribution in [0.1, 0.15) is 30.4 Å². The van der Waals surface area contributed by atoms with Crippen molar-refractivity contribution in [1.29, 1.82) is 0 Å². The third-order valence-corrected chi connectivity index (χ3v) is 3.77. The molecule has 0 aliphatic heterocycles. The summed E-state index contributed by atoms with van der Waals surface area (Å²) in [7, 11) is 0. The van der Waals surface area contributed by atoms with Crippen molar-refractivity contribution in [3.05, 3.63) is 53.9 Å². The first-order valence-corrected chi connectivity index (χ1v) is 6.97. The quantitative estimate of drug-likeness (QED) is 0.742. The third-order valence-electron chi connectivity index (χ3n) is 3.77. The first-order chi connectivity index (χ1) is 9.33. The van der Waals surface area contributed by atoms with Gasteiger partial charge < -0.3 is 4.74 Å². The lowest BCUT2D eigenvalue weighted by molar-refractivity contribution is 0.111. The molecule has 1 aliphatic carbocycles. The molecule has 1 unspecified atom stereocenters. The molecule has 100 valence electrons. The maximum Gasteiger partial charge on any atom is 0.0717 e. The predicted molar refractivity (Wildman–Crippen MR) is 74.8 cm³/mol. The van der Waals surface area contributed by atoms with Gasteiger partial charge in [-0.25, -0.2) is 0 Å². The summed E-state index contributed by atoms with van der Waals surface area (Å²) in [6.07, 6.45) is 5.49. The molecule has 0 N–H and O–H groups in total. The van der Waals surface area contributed by atoms with Crippen molar-refractivity contribution in [2.24, 2.45) is 5.92 Å². The molecule has 1 heterocycles. The monoisotopic (exact) mass is 256 g/mol. The van der Waals surface area contributed by atoms with Gasteiger partial charge in [0, 0.05) is 6.20 Å². The molecule has 1 saturated carbocycles. The van der Waals surface area contributed by atoms with Gasteiger partial charge in [0.2, 0.25) is 0 Å². The Bertz CT molecular complexity index is 521. The van der Waals surface area contributed by atoms with Crippen molar-refractivity contribution in [3.63, 3.8) is 0 Å². The second kappa shape index (κ2) is 5.57. The van der Waals surface area contributed by atoms with Crippen LogP contribution in [0.25, 0.3) is 0 Å². The van der Waals surface area contributed by atoms with Crippen molar-refractivity contribution < 1.29 is 4.74 Å². The average molecular weight is 256 g/mol. The van der Waals surface area contributed by atoms with Crippen LogP contribution >= 0.6 is 0 Å². The summed E-state index contributed by atoms with van der Waals surface area (Å²) in [6, 6.07) is 10.3. The summed E-state index contributed by atoms with van der Waals surface area (Å²) >= 11 is 0. The average Bonchev–Trinajstić information content (AvgIpc) is 2.99. The molecule has 0 saturated heterocycles. The zero-order chi connectivity index (χ0) is 13.1. The molecule has 0 amide bonds. The highest BCUT2D eigenvalue weighted by atomic mass is 16.5. The second-order valence-corrected chi connectivity index (χ2v) is 5.39. The molecule has 0 spiro atoms. The molecule has 2 aromatic rings. The van der Waals surface area contributed by atoms with Gasteiger partial charge in [-0.1, -0.05) is 37.3 Å². The largest absolute Gasteiger partial charge is 0.375 e. The first kappa shape index (κ1) is 12.4. The van der Waals surface area contributed by atoms with Gasteiger partial charge in [-0.3, -0.25) is 4.68 Å². The summed E-state index contributed by atoms with van der Waals surface area (Å²) in [5, 5.41) is 4.39. The first-order valence-electron chi connectivity index (χ1n) is 6.97. The maximum absolute atomic E-state index is 5.67. The van der Waals surface area contributed by atoms with E-state index in [4.69, 9.17) is 4.74 Å². The van der Waals surface area contributed by atoms with E-state index < -0.39 is 0 Å². The Balaban J connectivity index is 1.41. The van der Waals surface area contributed by atoms with Crippen LogP contribution in [-0.4, -0.2) is 16.4 Å². The lowest BCUT2D eigenvalue weighted by Crippen LogP contribution is -2.06. The van der Waals surface area contributed by atoms with Crippen molar-refractivity contribution in [2.75, 3.05) is 6.61 Å². The summed E-state index contributed by atoms with van der Waals surface area (Å²) < 4.78 is 7.66. The van der Waals surface area contributed by atoms with Gasteiger partial charge in [0.1, 0.15) is 0 Å². The zero-order valence-electron chi connectivity index (χ0n) is 11.3. The Kier molecular flexibility index (Phi) is 3.65. The van der Waals surface area contributed by atoms with Crippen LogP contribution in [0.2, 0.25) is 0 Å². The molecular formula is C16H20N2O. The van der Waals surface area contributed by atoms with Gasteiger partial charge in [-0.2, -0.15) is 5.10 Å². The van der Waals surface area contributed by atoms with Crippen LogP contribution in [0.4, 0.5) is 0 Å². The van der Waals surface area contributed by atoms with Crippen LogP contribution in [-0.2, 0) is 17.9 Å². The Morgan fingerprint density at radius 1 is 1.32 bits per heavy atom. The number of hydrogen-bond acceptors (Lipinski definition) is 2. The molecule has 3 nitrogen and oxygen atoms in total. The van der Waals surface area contributed by atoms with Crippen LogP contribution in [0.3, 0.4) is 0 Å². The molecule has 1 aromatic heterocycles. The minimum Gasteiger partial charge on any atom is -0.375 e. The van der Waals surface area contributed by atoms with E-state index in [0.29, 0.717) is 13.2 Å². The topological polar surface area (TPSA) is 27.1 Å². The fraction of sp³-hybridized carbons (Fsp3) is 0.438. The van der Waals surface area contributed by atoms with E-state index in [9.17, 15) is 0 Å². The van der Waals surface area contributed by atoms with Gasteiger partial charge in [0.05, 0.1) is 26.0 Å². The number of rotatable bonds is 6. The normalized spacial score (nSPS) is 21.5. The number of aromatic nitrogens is 2. The molecule has 1 fully saturated rings. The molecule has 3 heteroatoms. The predicted octanol–water partition coefficient (Wildman–Crippen LogP) is 3.22. The van der Waals surface area contributed by atoms with Crippen LogP contribution < -0.4 is 0 Å². The Morgan fingerprint density at radius 3 is 2.84 bits per heavy atom. The maximum atomic E-state index is 5.67. The van der Waals surface area contributed by atoms with E-state index in [1.807, 2.05) is 29.1 Å². The molecule has 19 heavy (non-hydrogen) atoms. The Morgan fingerprint density at radius 2 is 2.11 bits per heavy atom. The van der Waals surface area contributed by atoms with Crippen molar-refractivity contribution in [2.45, 2.75) is 32.4 Å². The number of ether oxygens (including phenoxy) is 1. The van der Waals surface area contributed by atoms with Crippen LogP contribution in [0.5, 0.6) is 0 Å². The minimum atomic E-state index is 0.675. The highest BCUT2D eigenvalue weighted by Gasteiger charge is 2.34. The van der Waals surface area contributed by atoms with E-state index in [-0.39, 0.29) is 0 Å². The fourth-order valence-electron chi connectivity index (χ4n) is 2.40. The highest BCUT2D eigenvalue weighted by molar-refractivity contribution is 5.19. The molecule has 1 aromatic carbocycles. The van der Waals surface area contributed by atoms with Gasteiger partial charge in [-0.15, -0.1) is 0 Å². The Labute approximate surface area is 114 Å². The van der Waals surface area contributed by atoms with Crippen molar-refractivity contribution in [3.8, 4) is 0 Å². The number of hydrogen-bond donors (Lipinski definition) is 0. The lowest BCUT2D eigenvalue weighted by Gasteiger charge is -2.04. The molecule has 0 radical (unpaired) electrons. The van der Waals surface area contributed by atoms with E-state index in [0.717, 1.165) is 18.4 Å². The van der Waals surface area contributed by atoms with Gasteiger partial charge in [-0.05, 0) is 29.4 Å². The highest BCUT2D eigenvalue weighted by Crippen LogP contribution is 2.46. The fourth-order valence-corrected chi connectivity index (χ4v) is 2.40. The van der Waals surface area contributed by atoms with Crippen LogP contribution in [0.15, 0.2) is 42.7 Å². The van der Waals surface area contributed by atoms with Gasteiger partial charge >= 0.3 is 0 Å². The van der Waals surface area contributed by atoms with E-state index in [1.165, 1.54) is 17.5 Å². The molecular weight excluding hydrogens is 236 g/mol. The number of nitrogens with zero attached hydrogens (tertiary/aromatic N) is 2. The minimum absolute atomic E-state index is 0.675. The summed E-state index contributed by atoms with van der Waals surface area (Å²) in [4.78, 5) is 0. The SMILES string of the molecule is CC1C[C@@H]1c1cnn(CCOCc2ccccc2)c1. The smallest absolute Gasteiger partial charge is 0.0717 e. The Hall–Kier alpha value is -1.61. The van der Waals surface area contributed by atoms with Gasteiger partial charge in [0.25, 0.3) is 0 Å². The third kappa shape index (κ3) is 3.24. The van der Waals surface area contributed by atoms with E-state index in [2.05, 4.69) is 30.4 Å². The second-order valence-electron chi connectivity index (χ2n) is 5.39. The summed E-state index contributed by atoms with van der Waals surface area (Å²) in [6.45, 7) is 4.50. The molecule has 2 atom stereocenters. The van der Waals surface area contributed by atoms with E-state index in [1.54, 1.807) is 0 Å². The lowest BCUT2D eigenvalue weighted by atomic mass is 10.2. The van der Waals surface area contributed by atoms with Crippen molar-refractivity contribution >= 4 is 0 Å². The standard InChI is InChI=1S/C16H20N2O/c1-13-9-16(13)15-10-17-18(11-15)7-8-19-12-14-5-3-2-4-6-14/h2-6,10-11,13,16H,7-9,12H2,1H3/t13?,16-/m0/s1. The molecule has 0 bridgehead atoms. The molecule has 1 aliphatic rings. The van der Waals surface area contributed by atoms with Gasteiger partial charge in [0.15, 0.2) is 0 Å². The zero-order valence-corrected chi connectivity index (χ0v) is 11.3. The molecule has 3 rings (SSSR count). The van der Waals surface area contributed by atoms with Crippen molar-refractivity contribution in [1.82, 2.24) is 9.78 Å². The van der Waals surface area contributed by atoms with Crippen LogP contribution in [0, 0.1) is 5.92 Å². The summed E-state index contributed by atoms with van der Waals surface area (Å²) in [5.74, 6) is 1.59. The number of benzene rings is 1. The van der Waals surface area contributed by atoms with E-state index >= 15 is 0 Å². The summed E-state index contributed by atoms with van der Waals surface area (Å²) in [5.41, 5.74) is 2.60.